The predicted molar refractivity (Wildman–Crippen MR) is 125 cm³/mol. The molecule has 2 aliphatic carbocycles. The van der Waals surface area contributed by atoms with E-state index in [1.807, 2.05) is 12.1 Å². The van der Waals surface area contributed by atoms with Crippen molar-refractivity contribution in [2.45, 2.75) is 49.0 Å². The van der Waals surface area contributed by atoms with E-state index in [0.717, 1.165) is 11.4 Å². The van der Waals surface area contributed by atoms with Gasteiger partial charge in [-0.15, -0.1) is 0 Å². The van der Waals surface area contributed by atoms with Gasteiger partial charge in [0.15, 0.2) is 9.84 Å². The summed E-state index contributed by atoms with van der Waals surface area (Å²) in [5.41, 5.74) is 5.23. The van der Waals surface area contributed by atoms with Crippen LogP contribution in [0.15, 0.2) is 53.4 Å². The molecule has 2 aliphatic rings. The molecule has 168 valence electrons. The van der Waals surface area contributed by atoms with E-state index in [1.54, 1.807) is 12.1 Å². The lowest BCUT2D eigenvalue weighted by molar-refractivity contribution is 0.138. The predicted octanol–water partition coefficient (Wildman–Crippen LogP) is 5.27. The maximum absolute atomic E-state index is 11.7. The van der Waals surface area contributed by atoms with Crippen molar-refractivity contribution in [3.05, 3.63) is 70.5 Å². The first-order chi connectivity index (χ1) is 15.4. The highest BCUT2D eigenvalue weighted by molar-refractivity contribution is 7.90. The van der Waals surface area contributed by atoms with Crippen molar-refractivity contribution < 1.29 is 13.2 Å². The van der Waals surface area contributed by atoms with Gasteiger partial charge in [-0.1, -0.05) is 11.6 Å². The second-order valence-electron chi connectivity index (χ2n) is 8.70. The molecule has 0 amide bonds. The van der Waals surface area contributed by atoms with Gasteiger partial charge in [0.1, 0.15) is 6.73 Å². The van der Waals surface area contributed by atoms with Crippen LogP contribution in [-0.4, -0.2) is 31.2 Å². The molecule has 5 rings (SSSR count). The number of ether oxygens (including phenoxy) is 1. The van der Waals surface area contributed by atoms with Crippen LogP contribution in [0.1, 0.15) is 54.5 Å². The summed E-state index contributed by atoms with van der Waals surface area (Å²) in [6, 6.07) is 15.1. The molecule has 0 spiro atoms. The quantitative estimate of drug-likeness (QED) is 0.340. The van der Waals surface area contributed by atoms with Gasteiger partial charge in [0, 0.05) is 34.5 Å². The first kappa shape index (κ1) is 21.5. The van der Waals surface area contributed by atoms with Crippen LogP contribution in [-0.2, 0) is 21.2 Å². The van der Waals surface area contributed by atoms with Crippen molar-refractivity contribution >= 4 is 27.1 Å². The van der Waals surface area contributed by atoms with Crippen molar-refractivity contribution in [3.8, 4) is 5.69 Å². The van der Waals surface area contributed by atoms with Crippen LogP contribution in [0.2, 0.25) is 5.02 Å². The maximum Gasteiger partial charge on any atom is 0.175 e. The number of nitrogens with one attached hydrogen (secondary N) is 1. The first-order valence-corrected chi connectivity index (χ1v) is 13.2. The zero-order valence-electron chi connectivity index (χ0n) is 17.9. The fourth-order valence-electron chi connectivity index (χ4n) is 3.78. The minimum absolute atomic E-state index is 0.218. The molecule has 3 aromatic rings. The average molecular weight is 472 g/mol. The Kier molecular flexibility index (Phi) is 5.73. The van der Waals surface area contributed by atoms with E-state index in [9.17, 15) is 8.42 Å². The lowest BCUT2D eigenvalue weighted by atomic mass is 10.2. The minimum Gasteiger partial charge on any atom is -0.363 e. The van der Waals surface area contributed by atoms with Gasteiger partial charge in [-0.3, -0.25) is 0 Å². The number of hydrogen-bond donors (Lipinski definition) is 1. The lowest BCUT2D eigenvalue weighted by Gasteiger charge is -2.11. The summed E-state index contributed by atoms with van der Waals surface area (Å²) < 4.78 is 31.3. The summed E-state index contributed by atoms with van der Waals surface area (Å²) in [6.07, 6.45) is 6.20. The zero-order chi connectivity index (χ0) is 22.3. The third-order valence-corrected chi connectivity index (χ3v) is 7.42. The Morgan fingerprint density at radius 2 is 1.78 bits per heavy atom. The molecule has 0 bridgehead atoms. The van der Waals surface area contributed by atoms with Crippen molar-refractivity contribution in [1.82, 2.24) is 9.78 Å². The summed E-state index contributed by atoms with van der Waals surface area (Å²) in [7, 11) is -3.28. The summed E-state index contributed by atoms with van der Waals surface area (Å²) in [5.74, 6) is 1.30. The van der Waals surface area contributed by atoms with E-state index in [0.29, 0.717) is 22.4 Å². The second kappa shape index (κ2) is 8.54. The highest BCUT2D eigenvalue weighted by Gasteiger charge is 2.32. The summed E-state index contributed by atoms with van der Waals surface area (Å²) in [6.45, 7) is 0.495. The van der Waals surface area contributed by atoms with Gasteiger partial charge in [-0.25, -0.2) is 13.1 Å². The molecule has 2 fully saturated rings. The standard InChI is InChI=1S/C24H26ClN3O3S/c1-32(29,30)21-10-11-22(25)18(12-21)14-31-15-26-19-6-8-20(9-7-19)28-24(17-4-5-17)13-23(27-28)16-2-3-16/h6-13,16-17,26H,2-5,14-15H2,1H3. The van der Waals surface area contributed by atoms with Crippen LogP contribution < -0.4 is 5.32 Å². The number of benzene rings is 2. The molecule has 1 N–H and O–H groups in total. The minimum atomic E-state index is -3.28. The summed E-state index contributed by atoms with van der Waals surface area (Å²) in [5, 5.41) is 8.60. The summed E-state index contributed by atoms with van der Waals surface area (Å²) in [4.78, 5) is 0.234. The van der Waals surface area contributed by atoms with E-state index in [2.05, 4.69) is 28.2 Å². The van der Waals surface area contributed by atoms with Crippen LogP contribution in [0.25, 0.3) is 5.69 Å². The molecule has 32 heavy (non-hydrogen) atoms. The molecule has 0 aliphatic heterocycles. The van der Waals surface area contributed by atoms with Gasteiger partial charge in [-0.2, -0.15) is 5.10 Å². The molecule has 6 nitrogen and oxygen atoms in total. The number of rotatable bonds is 9. The van der Waals surface area contributed by atoms with E-state index < -0.39 is 9.84 Å². The average Bonchev–Trinajstić information content (AvgIpc) is 3.70. The molecule has 8 heteroatoms. The van der Waals surface area contributed by atoms with Gasteiger partial charge in [-0.05, 0) is 79.8 Å². The first-order valence-electron chi connectivity index (χ1n) is 10.9. The van der Waals surface area contributed by atoms with Crippen LogP contribution >= 0.6 is 11.6 Å². The van der Waals surface area contributed by atoms with Gasteiger partial charge in [0.05, 0.1) is 22.9 Å². The molecule has 0 atom stereocenters. The highest BCUT2D eigenvalue weighted by Crippen LogP contribution is 2.45. The number of hydrogen-bond acceptors (Lipinski definition) is 5. The number of halogens is 1. The summed E-state index contributed by atoms with van der Waals surface area (Å²) >= 11 is 6.18. The molecule has 0 unspecified atom stereocenters. The number of nitrogens with zero attached hydrogens (tertiary/aromatic N) is 2. The lowest BCUT2D eigenvalue weighted by Crippen LogP contribution is -2.07. The van der Waals surface area contributed by atoms with Gasteiger partial charge >= 0.3 is 0 Å². The zero-order valence-corrected chi connectivity index (χ0v) is 19.5. The van der Waals surface area contributed by atoms with Crippen LogP contribution in [0, 0.1) is 0 Å². The van der Waals surface area contributed by atoms with E-state index >= 15 is 0 Å². The van der Waals surface area contributed by atoms with Crippen molar-refractivity contribution in [1.29, 1.82) is 0 Å². The molecule has 1 heterocycles. The molecular formula is C24H26ClN3O3S. The van der Waals surface area contributed by atoms with Crippen molar-refractivity contribution in [2.24, 2.45) is 0 Å². The van der Waals surface area contributed by atoms with E-state index in [-0.39, 0.29) is 18.2 Å². The fourth-order valence-corrected chi connectivity index (χ4v) is 4.62. The number of aromatic nitrogens is 2. The molecule has 0 radical (unpaired) electrons. The van der Waals surface area contributed by atoms with E-state index in [4.69, 9.17) is 21.4 Å². The largest absolute Gasteiger partial charge is 0.363 e. The Morgan fingerprint density at radius 1 is 1.06 bits per heavy atom. The Hall–Kier alpha value is -2.35. The second-order valence-corrected chi connectivity index (χ2v) is 11.1. The van der Waals surface area contributed by atoms with Crippen LogP contribution in [0.4, 0.5) is 5.69 Å². The molecule has 1 aromatic heterocycles. The molecule has 2 saturated carbocycles. The van der Waals surface area contributed by atoms with Gasteiger partial charge in [0.25, 0.3) is 0 Å². The number of sulfone groups is 1. The molecular weight excluding hydrogens is 446 g/mol. The van der Waals surface area contributed by atoms with Crippen molar-refractivity contribution in [3.63, 3.8) is 0 Å². The maximum atomic E-state index is 11.7. The Labute approximate surface area is 193 Å². The van der Waals surface area contributed by atoms with Crippen molar-refractivity contribution in [2.75, 3.05) is 18.3 Å². The normalized spacial score (nSPS) is 16.3. The Bertz CT molecular complexity index is 1230. The SMILES string of the molecule is CS(=O)(=O)c1ccc(Cl)c(COCNc2ccc(-n3nc(C4CC4)cc3C3CC3)cc2)c1. The smallest absolute Gasteiger partial charge is 0.175 e. The van der Waals surface area contributed by atoms with Gasteiger partial charge < -0.3 is 10.1 Å². The monoisotopic (exact) mass is 471 g/mol. The highest BCUT2D eigenvalue weighted by atomic mass is 35.5. The van der Waals surface area contributed by atoms with E-state index in [1.165, 1.54) is 49.4 Å². The van der Waals surface area contributed by atoms with Gasteiger partial charge in [0.2, 0.25) is 0 Å². The fraction of sp³-hybridized carbons (Fsp3) is 0.375. The molecule has 2 aromatic carbocycles. The van der Waals surface area contributed by atoms with Crippen LogP contribution in [0.3, 0.4) is 0 Å². The topological polar surface area (TPSA) is 73.2 Å². The third-order valence-electron chi connectivity index (χ3n) is 5.94. The molecule has 0 saturated heterocycles. The Balaban J connectivity index is 1.20. The third kappa shape index (κ3) is 4.85. The Morgan fingerprint density at radius 3 is 2.44 bits per heavy atom. The number of anilines is 1. The van der Waals surface area contributed by atoms with Crippen LogP contribution in [0.5, 0.6) is 0 Å².